The lowest BCUT2D eigenvalue weighted by Crippen LogP contribution is -2.01. The van der Waals surface area contributed by atoms with Gasteiger partial charge in [0.1, 0.15) is 5.75 Å². The number of hydrogen-bond acceptors (Lipinski definition) is 7. The van der Waals surface area contributed by atoms with E-state index in [-0.39, 0.29) is 16.2 Å². The number of nitrogens with one attached hydrogen (secondary N) is 1. The summed E-state index contributed by atoms with van der Waals surface area (Å²) in [6, 6.07) is 12.1. The number of nitro groups is 1. The molecule has 0 atom stereocenters. The van der Waals surface area contributed by atoms with Crippen molar-refractivity contribution >= 4 is 24.1 Å². The van der Waals surface area contributed by atoms with Crippen LogP contribution in [0.4, 0.5) is 5.69 Å². The van der Waals surface area contributed by atoms with E-state index >= 15 is 0 Å². The number of rotatable bonds is 9. The summed E-state index contributed by atoms with van der Waals surface area (Å²) in [5.74, 6) is 1.35. The molecule has 1 N–H and O–H groups in total. The summed E-state index contributed by atoms with van der Waals surface area (Å²) in [5.41, 5.74) is 1.13. The quantitative estimate of drug-likeness (QED) is 0.232. The van der Waals surface area contributed by atoms with Crippen LogP contribution in [-0.2, 0) is 0 Å². The molecule has 0 saturated heterocycles. The van der Waals surface area contributed by atoms with E-state index in [2.05, 4.69) is 15.3 Å². The third kappa shape index (κ3) is 4.71. The first-order chi connectivity index (χ1) is 14.5. The number of aromatic nitrogens is 3. The van der Waals surface area contributed by atoms with Crippen molar-refractivity contribution in [3.8, 4) is 22.9 Å². The number of hydrogen-bond donors (Lipinski definition) is 1. The number of aromatic amines is 1. The summed E-state index contributed by atoms with van der Waals surface area (Å²) in [5, 5.41) is 22.8. The van der Waals surface area contributed by atoms with E-state index in [4.69, 9.17) is 21.7 Å². The van der Waals surface area contributed by atoms with Gasteiger partial charge >= 0.3 is 5.69 Å². The van der Waals surface area contributed by atoms with Crippen molar-refractivity contribution < 1.29 is 14.4 Å². The fraction of sp³-hybridized carbons (Fsp3) is 0.250. The van der Waals surface area contributed by atoms with Crippen LogP contribution in [0.2, 0.25) is 0 Å². The SMILES string of the molecule is CCCOc1ccc(/C=N\n2c(-c3ccccc3OCC)n[nH]c2=S)cc1[N+](=O)[O-]. The molecule has 3 rings (SSSR count). The Kier molecular flexibility index (Phi) is 6.91. The van der Waals surface area contributed by atoms with E-state index in [1.54, 1.807) is 12.1 Å². The monoisotopic (exact) mass is 427 g/mol. The highest BCUT2D eigenvalue weighted by molar-refractivity contribution is 7.71. The number of nitro benzene ring substituents is 1. The van der Waals surface area contributed by atoms with Gasteiger partial charge in [-0.1, -0.05) is 19.1 Å². The molecule has 30 heavy (non-hydrogen) atoms. The maximum Gasteiger partial charge on any atom is 0.311 e. The zero-order chi connectivity index (χ0) is 21.5. The fourth-order valence-corrected chi connectivity index (χ4v) is 2.90. The lowest BCUT2D eigenvalue weighted by atomic mass is 10.2. The standard InChI is InChI=1S/C20H21N5O4S/c1-3-11-29-18-10-9-14(12-16(18)25(26)27)13-21-24-19(22-23-20(24)30)15-7-5-6-8-17(15)28-4-2/h5-10,12-13H,3-4,11H2,1-2H3,(H,23,30)/b21-13-. The fourth-order valence-electron chi connectivity index (χ4n) is 2.72. The molecule has 1 aromatic heterocycles. The van der Waals surface area contributed by atoms with Crippen molar-refractivity contribution in [2.75, 3.05) is 13.2 Å². The van der Waals surface area contributed by atoms with Crippen molar-refractivity contribution in [2.24, 2.45) is 5.10 Å². The lowest BCUT2D eigenvalue weighted by Gasteiger charge is -2.09. The van der Waals surface area contributed by atoms with Gasteiger partial charge in [0.2, 0.25) is 4.77 Å². The molecule has 3 aromatic rings. The van der Waals surface area contributed by atoms with Crippen LogP contribution >= 0.6 is 12.2 Å². The lowest BCUT2D eigenvalue weighted by molar-refractivity contribution is -0.385. The first-order valence-electron chi connectivity index (χ1n) is 9.40. The van der Waals surface area contributed by atoms with Crippen LogP contribution in [0.3, 0.4) is 0 Å². The van der Waals surface area contributed by atoms with Gasteiger partial charge < -0.3 is 9.47 Å². The topological polar surface area (TPSA) is 108 Å². The van der Waals surface area contributed by atoms with Gasteiger partial charge in [-0.3, -0.25) is 10.1 Å². The van der Waals surface area contributed by atoms with Crippen LogP contribution < -0.4 is 9.47 Å². The summed E-state index contributed by atoms with van der Waals surface area (Å²) in [6.07, 6.45) is 2.24. The molecule has 10 heteroatoms. The second-order valence-corrected chi connectivity index (χ2v) is 6.56. The van der Waals surface area contributed by atoms with E-state index in [0.29, 0.717) is 30.4 Å². The van der Waals surface area contributed by atoms with Crippen molar-refractivity contribution in [1.82, 2.24) is 14.9 Å². The van der Waals surface area contributed by atoms with Gasteiger partial charge in [0.25, 0.3) is 0 Å². The van der Waals surface area contributed by atoms with E-state index in [9.17, 15) is 10.1 Å². The molecule has 1 heterocycles. The Hall–Kier alpha value is -3.53. The Morgan fingerprint density at radius 1 is 1.23 bits per heavy atom. The zero-order valence-electron chi connectivity index (χ0n) is 16.6. The summed E-state index contributed by atoms with van der Waals surface area (Å²) in [4.78, 5) is 10.9. The Labute approximate surface area is 178 Å². The highest BCUT2D eigenvalue weighted by atomic mass is 32.1. The zero-order valence-corrected chi connectivity index (χ0v) is 17.4. The number of para-hydroxylation sites is 1. The minimum Gasteiger partial charge on any atom is -0.493 e. The largest absolute Gasteiger partial charge is 0.493 e. The molecule has 0 bridgehead atoms. The molecule has 0 aliphatic rings. The first-order valence-corrected chi connectivity index (χ1v) is 9.81. The van der Waals surface area contributed by atoms with Gasteiger partial charge in [0.15, 0.2) is 11.6 Å². The number of ether oxygens (including phenoxy) is 2. The average molecular weight is 427 g/mol. The Balaban J connectivity index is 1.97. The molecule has 156 valence electrons. The van der Waals surface area contributed by atoms with Crippen molar-refractivity contribution in [3.63, 3.8) is 0 Å². The predicted octanol–water partition coefficient (Wildman–Crippen LogP) is 4.59. The third-order valence-corrected chi connectivity index (χ3v) is 4.31. The third-order valence-electron chi connectivity index (χ3n) is 4.04. The van der Waals surface area contributed by atoms with Crippen LogP contribution in [0.25, 0.3) is 11.4 Å². The highest BCUT2D eigenvalue weighted by Crippen LogP contribution is 2.29. The molecule has 0 aliphatic heterocycles. The molecule has 0 fully saturated rings. The molecule has 0 aliphatic carbocycles. The maximum absolute atomic E-state index is 11.4. The smallest absolute Gasteiger partial charge is 0.311 e. The van der Waals surface area contributed by atoms with Gasteiger partial charge in [0.05, 0.1) is 29.9 Å². The average Bonchev–Trinajstić information content (AvgIpc) is 3.11. The van der Waals surface area contributed by atoms with Crippen LogP contribution in [0, 0.1) is 14.9 Å². The first kappa shape index (κ1) is 21.2. The van der Waals surface area contributed by atoms with E-state index in [0.717, 1.165) is 12.0 Å². The normalized spacial score (nSPS) is 11.0. The second kappa shape index (κ2) is 9.79. The summed E-state index contributed by atoms with van der Waals surface area (Å²) in [6.45, 7) is 4.73. The van der Waals surface area contributed by atoms with Crippen molar-refractivity contribution in [3.05, 3.63) is 62.9 Å². The van der Waals surface area contributed by atoms with Crippen molar-refractivity contribution in [2.45, 2.75) is 20.3 Å². The van der Waals surface area contributed by atoms with Crippen LogP contribution in [0.15, 0.2) is 47.6 Å². The second-order valence-electron chi connectivity index (χ2n) is 6.17. The predicted molar refractivity (Wildman–Crippen MR) is 116 cm³/mol. The summed E-state index contributed by atoms with van der Waals surface area (Å²) in [7, 11) is 0. The van der Waals surface area contributed by atoms with Crippen LogP contribution in [0.1, 0.15) is 25.8 Å². The van der Waals surface area contributed by atoms with E-state index in [1.165, 1.54) is 17.0 Å². The van der Waals surface area contributed by atoms with Crippen LogP contribution in [0.5, 0.6) is 11.5 Å². The molecule has 0 radical (unpaired) electrons. The molecule has 0 spiro atoms. The van der Waals surface area contributed by atoms with Gasteiger partial charge in [-0.15, -0.1) is 0 Å². The Morgan fingerprint density at radius 3 is 2.77 bits per heavy atom. The minimum absolute atomic E-state index is 0.120. The van der Waals surface area contributed by atoms with E-state index < -0.39 is 4.92 Å². The molecule has 9 nitrogen and oxygen atoms in total. The highest BCUT2D eigenvalue weighted by Gasteiger charge is 2.16. The van der Waals surface area contributed by atoms with Gasteiger partial charge in [-0.05, 0) is 49.8 Å². The van der Waals surface area contributed by atoms with E-state index in [1.807, 2.05) is 38.1 Å². The Morgan fingerprint density at radius 2 is 2.03 bits per heavy atom. The molecule has 0 saturated carbocycles. The summed E-state index contributed by atoms with van der Waals surface area (Å²) >= 11 is 5.29. The molecule has 0 unspecified atom stereocenters. The Bertz CT molecular complexity index is 1120. The molecule has 2 aromatic carbocycles. The molecule has 0 amide bonds. The maximum atomic E-state index is 11.4. The number of nitrogens with zero attached hydrogens (tertiary/aromatic N) is 4. The molecular weight excluding hydrogens is 406 g/mol. The molecular formula is C20H21N5O4S. The summed E-state index contributed by atoms with van der Waals surface area (Å²) < 4.78 is 12.8. The van der Waals surface area contributed by atoms with Crippen molar-refractivity contribution in [1.29, 1.82) is 0 Å². The van der Waals surface area contributed by atoms with Gasteiger partial charge in [-0.25, -0.2) is 5.10 Å². The number of benzene rings is 2. The van der Waals surface area contributed by atoms with Gasteiger partial charge in [0, 0.05) is 11.6 Å². The minimum atomic E-state index is -0.477. The van der Waals surface area contributed by atoms with Crippen LogP contribution in [-0.4, -0.2) is 39.2 Å². The van der Waals surface area contributed by atoms with Gasteiger partial charge in [-0.2, -0.15) is 14.9 Å². The number of H-pyrrole nitrogens is 1.